The smallest absolute Gasteiger partial charge is 0.324 e. The highest BCUT2D eigenvalue weighted by Crippen LogP contribution is 2.09. The van der Waals surface area contributed by atoms with Crippen molar-refractivity contribution >= 4 is 6.03 Å². The van der Waals surface area contributed by atoms with Gasteiger partial charge in [0.05, 0.1) is 0 Å². The minimum absolute atomic E-state index is 0.128. The second-order valence-electron chi connectivity index (χ2n) is 5.97. The predicted molar refractivity (Wildman–Crippen MR) is 91.0 cm³/mol. The van der Waals surface area contributed by atoms with E-state index in [9.17, 15) is 4.79 Å². The lowest BCUT2D eigenvalue weighted by Crippen LogP contribution is -2.44. The second kappa shape index (κ2) is 15.6. The first kappa shape index (κ1) is 20.2. The van der Waals surface area contributed by atoms with Crippen LogP contribution >= 0.6 is 0 Å². The fraction of sp³-hybridized carbons (Fsp3) is 0.941. The molecular formula is C17H37N3O. The summed E-state index contributed by atoms with van der Waals surface area (Å²) in [6, 6.07) is -0.128. The van der Waals surface area contributed by atoms with Crippen LogP contribution in [0.4, 0.5) is 4.79 Å². The molecule has 0 saturated heterocycles. The Labute approximate surface area is 131 Å². The number of carbonyl (C=O) groups excluding carboxylic acids is 1. The maximum absolute atomic E-state index is 11.7. The fourth-order valence-electron chi connectivity index (χ4n) is 2.57. The molecule has 21 heavy (non-hydrogen) atoms. The van der Waals surface area contributed by atoms with E-state index in [0.29, 0.717) is 0 Å². The Kier molecular flexibility index (Phi) is 15.0. The van der Waals surface area contributed by atoms with Crippen molar-refractivity contribution in [2.75, 3.05) is 13.1 Å². The van der Waals surface area contributed by atoms with E-state index in [0.717, 1.165) is 25.9 Å². The summed E-state index contributed by atoms with van der Waals surface area (Å²) in [5, 5.41) is 0. The number of nitrogens with zero attached hydrogens (tertiary/aromatic N) is 1. The van der Waals surface area contributed by atoms with Gasteiger partial charge in [-0.05, 0) is 12.8 Å². The molecule has 0 aromatic rings. The molecule has 126 valence electrons. The minimum atomic E-state index is -0.128. The van der Waals surface area contributed by atoms with Crippen LogP contribution in [0.15, 0.2) is 0 Å². The van der Waals surface area contributed by atoms with Crippen molar-refractivity contribution in [2.24, 2.45) is 5.84 Å². The highest BCUT2D eigenvalue weighted by Gasteiger charge is 2.10. The summed E-state index contributed by atoms with van der Waals surface area (Å²) in [6.45, 7) is 6.13. The molecule has 0 aromatic heterocycles. The Morgan fingerprint density at radius 2 is 1.14 bits per heavy atom. The molecule has 4 nitrogen and oxygen atoms in total. The topological polar surface area (TPSA) is 58.4 Å². The van der Waals surface area contributed by atoms with Crippen molar-refractivity contribution in [1.82, 2.24) is 10.3 Å². The summed E-state index contributed by atoms with van der Waals surface area (Å²) in [5.74, 6) is 5.27. The third-order valence-electron chi connectivity index (χ3n) is 3.97. The lowest BCUT2D eigenvalue weighted by atomic mass is 10.1. The molecule has 0 rings (SSSR count). The predicted octanol–water partition coefficient (Wildman–Crippen LogP) is 4.59. The zero-order chi connectivity index (χ0) is 15.8. The van der Waals surface area contributed by atoms with Crippen LogP contribution in [0.5, 0.6) is 0 Å². The zero-order valence-corrected chi connectivity index (χ0v) is 14.3. The van der Waals surface area contributed by atoms with E-state index < -0.39 is 0 Å². The molecule has 0 heterocycles. The van der Waals surface area contributed by atoms with Gasteiger partial charge in [0, 0.05) is 13.1 Å². The first-order valence-corrected chi connectivity index (χ1v) is 9.01. The summed E-state index contributed by atoms with van der Waals surface area (Å²) >= 11 is 0. The van der Waals surface area contributed by atoms with Crippen molar-refractivity contribution in [3.63, 3.8) is 0 Å². The summed E-state index contributed by atoms with van der Waals surface area (Å²) in [4.78, 5) is 13.6. The average molecular weight is 300 g/mol. The van der Waals surface area contributed by atoms with Gasteiger partial charge in [-0.2, -0.15) is 0 Å². The molecule has 0 saturated carbocycles. The Bertz CT molecular complexity index is 218. The van der Waals surface area contributed by atoms with E-state index in [-0.39, 0.29) is 6.03 Å². The van der Waals surface area contributed by atoms with Gasteiger partial charge >= 0.3 is 6.03 Å². The number of hydrazine groups is 1. The largest absolute Gasteiger partial charge is 0.331 e. The molecular weight excluding hydrogens is 262 g/mol. The molecule has 0 aliphatic heterocycles. The maximum atomic E-state index is 11.7. The van der Waals surface area contributed by atoms with Crippen LogP contribution in [0, 0.1) is 0 Å². The summed E-state index contributed by atoms with van der Waals surface area (Å²) < 4.78 is 0. The summed E-state index contributed by atoms with van der Waals surface area (Å²) in [5.41, 5.74) is 2.27. The molecule has 0 aliphatic rings. The molecule has 2 amide bonds. The SMILES string of the molecule is CCCCCCCCN(CCCCCCCC)C(=O)NN. The number of amides is 2. The monoisotopic (exact) mass is 299 g/mol. The first-order chi connectivity index (χ1) is 10.3. The van der Waals surface area contributed by atoms with Gasteiger partial charge < -0.3 is 4.90 Å². The van der Waals surface area contributed by atoms with Crippen molar-refractivity contribution in [1.29, 1.82) is 0 Å². The molecule has 0 unspecified atom stereocenters. The van der Waals surface area contributed by atoms with Crippen molar-refractivity contribution in [3.8, 4) is 0 Å². The highest BCUT2D eigenvalue weighted by atomic mass is 16.2. The average Bonchev–Trinajstić information content (AvgIpc) is 2.51. The molecule has 0 aliphatic carbocycles. The number of unbranched alkanes of at least 4 members (excludes halogenated alkanes) is 10. The van der Waals surface area contributed by atoms with E-state index in [1.807, 2.05) is 4.90 Å². The number of nitrogens with two attached hydrogens (primary N) is 1. The van der Waals surface area contributed by atoms with Crippen LogP contribution in [-0.2, 0) is 0 Å². The van der Waals surface area contributed by atoms with E-state index >= 15 is 0 Å². The third kappa shape index (κ3) is 12.7. The van der Waals surface area contributed by atoms with Gasteiger partial charge in [0.15, 0.2) is 0 Å². The van der Waals surface area contributed by atoms with Crippen molar-refractivity contribution in [2.45, 2.75) is 90.9 Å². The van der Waals surface area contributed by atoms with Crippen LogP contribution < -0.4 is 11.3 Å². The van der Waals surface area contributed by atoms with Crippen LogP contribution in [-0.4, -0.2) is 24.0 Å². The Balaban J connectivity index is 3.70. The number of urea groups is 1. The van der Waals surface area contributed by atoms with E-state index in [1.165, 1.54) is 64.2 Å². The standard InChI is InChI=1S/C17H37N3O/c1-3-5-7-9-11-13-15-20(17(21)19-18)16-14-12-10-8-6-4-2/h3-16,18H2,1-2H3,(H,19,21). The van der Waals surface area contributed by atoms with Crippen LogP contribution in [0.25, 0.3) is 0 Å². The molecule has 0 atom stereocenters. The lowest BCUT2D eigenvalue weighted by Gasteiger charge is -2.22. The first-order valence-electron chi connectivity index (χ1n) is 9.01. The van der Waals surface area contributed by atoms with Gasteiger partial charge in [0.2, 0.25) is 0 Å². The van der Waals surface area contributed by atoms with E-state index in [1.54, 1.807) is 0 Å². The van der Waals surface area contributed by atoms with Gasteiger partial charge in [-0.15, -0.1) is 0 Å². The van der Waals surface area contributed by atoms with Gasteiger partial charge in [-0.1, -0.05) is 78.1 Å². The quantitative estimate of drug-likeness (QED) is 0.213. The Morgan fingerprint density at radius 1 is 0.762 bits per heavy atom. The van der Waals surface area contributed by atoms with Gasteiger partial charge in [-0.3, -0.25) is 5.43 Å². The van der Waals surface area contributed by atoms with E-state index in [2.05, 4.69) is 19.3 Å². The molecule has 0 bridgehead atoms. The molecule has 0 aromatic carbocycles. The van der Waals surface area contributed by atoms with Crippen LogP contribution in [0.2, 0.25) is 0 Å². The zero-order valence-electron chi connectivity index (χ0n) is 14.3. The minimum Gasteiger partial charge on any atom is -0.324 e. The molecule has 4 heteroatoms. The second-order valence-corrected chi connectivity index (χ2v) is 5.97. The van der Waals surface area contributed by atoms with Crippen LogP contribution in [0.1, 0.15) is 90.9 Å². The van der Waals surface area contributed by atoms with Gasteiger partial charge in [0.25, 0.3) is 0 Å². The molecule has 3 N–H and O–H groups in total. The van der Waals surface area contributed by atoms with Crippen molar-refractivity contribution < 1.29 is 4.79 Å². The normalized spacial score (nSPS) is 10.6. The third-order valence-corrected chi connectivity index (χ3v) is 3.97. The number of rotatable bonds is 14. The van der Waals surface area contributed by atoms with Gasteiger partial charge in [-0.25, -0.2) is 10.6 Å². The Hall–Kier alpha value is -0.770. The molecule has 0 fully saturated rings. The summed E-state index contributed by atoms with van der Waals surface area (Å²) in [6.07, 6.45) is 15.0. The van der Waals surface area contributed by atoms with Crippen LogP contribution in [0.3, 0.4) is 0 Å². The number of carbonyl (C=O) groups is 1. The lowest BCUT2D eigenvalue weighted by molar-refractivity contribution is 0.195. The molecule has 0 spiro atoms. The number of nitrogens with one attached hydrogen (secondary N) is 1. The Morgan fingerprint density at radius 3 is 1.52 bits per heavy atom. The number of hydrogen-bond donors (Lipinski definition) is 2. The fourth-order valence-corrected chi connectivity index (χ4v) is 2.57. The maximum Gasteiger partial charge on any atom is 0.331 e. The molecule has 0 radical (unpaired) electrons. The van der Waals surface area contributed by atoms with E-state index in [4.69, 9.17) is 5.84 Å². The van der Waals surface area contributed by atoms with Crippen molar-refractivity contribution in [3.05, 3.63) is 0 Å². The summed E-state index contributed by atoms with van der Waals surface area (Å²) in [7, 11) is 0. The van der Waals surface area contributed by atoms with Gasteiger partial charge in [0.1, 0.15) is 0 Å². The highest BCUT2D eigenvalue weighted by molar-refractivity contribution is 5.73. The number of hydrogen-bond acceptors (Lipinski definition) is 2.